The Bertz CT molecular complexity index is 329. The Labute approximate surface area is 103 Å². The number of rotatable bonds is 5. The minimum atomic E-state index is 0.986. The maximum absolute atomic E-state index is 4.19. The van der Waals surface area contributed by atoms with Crippen LogP contribution in [0.2, 0.25) is 0 Å². The molecule has 1 aromatic rings. The zero-order chi connectivity index (χ0) is 12.1. The van der Waals surface area contributed by atoms with Crippen LogP contribution in [0.5, 0.6) is 0 Å². The second-order valence-corrected chi connectivity index (χ2v) is 4.85. The second-order valence-electron chi connectivity index (χ2n) is 4.85. The highest BCUT2D eigenvalue weighted by molar-refractivity contribution is 5.02. The molecule has 0 unspecified atom stereocenters. The van der Waals surface area contributed by atoms with E-state index in [0.29, 0.717) is 0 Å². The third-order valence-corrected chi connectivity index (χ3v) is 3.22. The second kappa shape index (κ2) is 6.14. The molecule has 1 fully saturated rings. The van der Waals surface area contributed by atoms with E-state index in [1.54, 1.807) is 0 Å². The molecule has 96 valence electrons. The van der Waals surface area contributed by atoms with E-state index in [1.807, 2.05) is 17.9 Å². The van der Waals surface area contributed by atoms with Gasteiger partial charge in [0, 0.05) is 64.6 Å². The van der Waals surface area contributed by atoms with Crippen molar-refractivity contribution in [2.75, 3.05) is 46.3 Å². The molecule has 1 aliphatic heterocycles. The van der Waals surface area contributed by atoms with Crippen LogP contribution in [-0.4, -0.2) is 65.9 Å². The third-order valence-electron chi connectivity index (χ3n) is 3.22. The van der Waals surface area contributed by atoms with Crippen LogP contribution in [-0.2, 0) is 13.6 Å². The third kappa shape index (κ3) is 4.11. The SMILES string of the molecule is CN(CCN1CCNCC1)Cc1cnn(C)c1. The number of piperazine rings is 1. The van der Waals surface area contributed by atoms with Crippen LogP contribution in [0.4, 0.5) is 0 Å². The molecule has 1 aliphatic rings. The fourth-order valence-electron chi connectivity index (χ4n) is 2.19. The summed E-state index contributed by atoms with van der Waals surface area (Å²) in [4.78, 5) is 4.88. The van der Waals surface area contributed by atoms with Crippen molar-refractivity contribution >= 4 is 0 Å². The minimum Gasteiger partial charge on any atom is -0.314 e. The van der Waals surface area contributed by atoms with Crippen molar-refractivity contribution in [3.63, 3.8) is 0 Å². The normalized spacial score (nSPS) is 17.8. The van der Waals surface area contributed by atoms with E-state index in [4.69, 9.17) is 0 Å². The smallest absolute Gasteiger partial charge is 0.0534 e. The molecule has 2 heterocycles. The molecule has 1 saturated heterocycles. The van der Waals surface area contributed by atoms with Crippen molar-refractivity contribution in [3.05, 3.63) is 18.0 Å². The van der Waals surface area contributed by atoms with Gasteiger partial charge in [0.05, 0.1) is 6.20 Å². The van der Waals surface area contributed by atoms with Crippen molar-refractivity contribution in [1.82, 2.24) is 24.9 Å². The first-order valence-electron chi connectivity index (χ1n) is 6.33. The number of hydrogen-bond donors (Lipinski definition) is 1. The van der Waals surface area contributed by atoms with E-state index in [9.17, 15) is 0 Å². The van der Waals surface area contributed by atoms with Gasteiger partial charge in [-0.1, -0.05) is 0 Å². The molecule has 1 N–H and O–H groups in total. The Balaban J connectivity index is 1.68. The first-order chi connectivity index (χ1) is 8.24. The molecule has 2 rings (SSSR count). The van der Waals surface area contributed by atoms with Gasteiger partial charge >= 0.3 is 0 Å². The van der Waals surface area contributed by atoms with Crippen LogP contribution >= 0.6 is 0 Å². The van der Waals surface area contributed by atoms with Crippen molar-refractivity contribution in [3.8, 4) is 0 Å². The van der Waals surface area contributed by atoms with Gasteiger partial charge in [0.1, 0.15) is 0 Å². The van der Waals surface area contributed by atoms with E-state index >= 15 is 0 Å². The summed E-state index contributed by atoms with van der Waals surface area (Å²) in [6.45, 7) is 7.90. The van der Waals surface area contributed by atoms with Gasteiger partial charge in [0.15, 0.2) is 0 Å². The Kier molecular flexibility index (Phi) is 4.53. The number of likely N-dealkylation sites (N-methyl/N-ethyl adjacent to an activating group) is 1. The monoisotopic (exact) mass is 237 g/mol. The molecule has 5 heteroatoms. The molecule has 0 radical (unpaired) electrons. The number of aryl methyl sites for hydroxylation is 1. The van der Waals surface area contributed by atoms with Crippen LogP contribution in [0.1, 0.15) is 5.56 Å². The van der Waals surface area contributed by atoms with Gasteiger partial charge in [0.25, 0.3) is 0 Å². The van der Waals surface area contributed by atoms with Gasteiger partial charge < -0.3 is 10.2 Å². The average Bonchev–Trinajstić information content (AvgIpc) is 2.73. The zero-order valence-corrected chi connectivity index (χ0v) is 10.9. The molecule has 17 heavy (non-hydrogen) atoms. The summed E-state index contributed by atoms with van der Waals surface area (Å²) in [5, 5.41) is 7.57. The lowest BCUT2D eigenvalue weighted by Crippen LogP contribution is -2.45. The van der Waals surface area contributed by atoms with E-state index < -0.39 is 0 Å². The molecule has 0 amide bonds. The van der Waals surface area contributed by atoms with Crippen LogP contribution in [0, 0.1) is 0 Å². The van der Waals surface area contributed by atoms with Gasteiger partial charge in [-0.2, -0.15) is 5.10 Å². The van der Waals surface area contributed by atoms with Crippen molar-refractivity contribution in [1.29, 1.82) is 0 Å². The lowest BCUT2D eigenvalue weighted by Gasteiger charge is -2.28. The molecule has 0 spiro atoms. The fraction of sp³-hybridized carbons (Fsp3) is 0.750. The quantitative estimate of drug-likeness (QED) is 0.767. The lowest BCUT2D eigenvalue weighted by molar-refractivity contribution is 0.202. The summed E-state index contributed by atoms with van der Waals surface area (Å²) in [6.07, 6.45) is 4.03. The average molecular weight is 237 g/mol. The van der Waals surface area contributed by atoms with Gasteiger partial charge in [-0.3, -0.25) is 9.58 Å². The maximum Gasteiger partial charge on any atom is 0.0534 e. The van der Waals surface area contributed by atoms with E-state index in [0.717, 1.165) is 26.2 Å². The van der Waals surface area contributed by atoms with Crippen LogP contribution < -0.4 is 5.32 Å². The first kappa shape index (κ1) is 12.5. The summed E-state index contributed by atoms with van der Waals surface area (Å²) in [6, 6.07) is 0. The summed E-state index contributed by atoms with van der Waals surface area (Å²) < 4.78 is 1.86. The van der Waals surface area contributed by atoms with Crippen LogP contribution in [0.25, 0.3) is 0 Å². The maximum atomic E-state index is 4.19. The molecule has 0 atom stereocenters. The van der Waals surface area contributed by atoms with Gasteiger partial charge in [-0.15, -0.1) is 0 Å². The Morgan fingerprint density at radius 3 is 2.82 bits per heavy atom. The standard InChI is InChI=1S/C12H23N5/c1-15(10-12-9-14-16(2)11-12)7-8-17-5-3-13-4-6-17/h9,11,13H,3-8,10H2,1-2H3. The van der Waals surface area contributed by atoms with Crippen molar-refractivity contribution < 1.29 is 0 Å². The highest BCUT2D eigenvalue weighted by atomic mass is 15.2. The zero-order valence-electron chi connectivity index (χ0n) is 10.9. The van der Waals surface area contributed by atoms with E-state index in [-0.39, 0.29) is 0 Å². The van der Waals surface area contributed by atoms with Crippen molar-refractivity contribution in [2.45, 2.75) is 6.54 Å². The Hall–Kier alpha value is -0.910. The highest BCUT2D eigenvalue weighted by Crippen LogP contribution is 2.01. The molecule has 5 nitrogen and oxygen atoms in total. The molecule has 1 aromatic heterocycles. The Morgan fingerprint density at radius 2 is 2.18 bits per heavy atom. The summed E-state index contributed by atoms with van der Waals surface area (Å²) in [7, 11) is 4.14. The fourth-order valence-corrected chi connectivity index (χ4v) is 2.19. The minimum absolute atomic E-state index is 0.986. The van der Waals surface area contributed by atoms with E-state index in [1.165, 1.54) is 25.2 Å². The number of nitrogens with zero attached hydrogens (tertiary/aromatic N) is 4. The molecular weight excluding hydrogens is 214 g/mol. The number of aromatic nitrogens is 2. The Morgan fingerprint density at radius 1 is 1.41 bits per heavy atom. The first-order valence-corrected chi connectivity index (χ1v) is 6.33. The van der Waals surface area contributed by atoms with Gasteiger partial charge in [0.2, 0.25) is 0 Å². The molecule has 0 aromatic carbocycles. The van der Waals surface area contributed by atoms with Gasteiger partial charge in [-0.05, 0) is 7.05 Å². The van der Waals surface area contributed by atoms with Crippen LogP contribution in [0.3, 0.4) is 0 Å². The largest absolute Gasteiger partial charge is 0.314 e. The summed E-state index contributed by atoms with van der Waals surface area (Å²) >= 11 is 0. The topological polar surface area (TPSA) is 36.3 Å². The molecule has 0 aliphatic carbocycles. The lowest BCUT2D eigenvalue weighted by atomic mass is 10.3. The predicted molar refractivity (Wildman–Crippen MR) is 68.9 cm³/mol. The highest BCUT2D eigenvalue weighted by Gasteiger charge is 2.10. The summed E-state index contributed by atoms with van der Waals surface area (Å²) in [5.74, 6) is 0. The summed E-state index contributed by atoms with van der Waals surface area (Å²) in [5.41, 5.74) is 1.29. The molecule has 0 bridgehead atoms. The predicted octanol–water partition coefficient (Wildman–Crippen LogP) is -0.243. The van der Waals surface area contributed by atoms with E-state index in [2.05, 4.69) is 33.5 Å². The molecular formula is C12H23N5. The van der Waals surface area contributed by atoms with Crippen molar-refractivity contribution in [2.24, 2.45) is 7.05 Å². The number of nitrogens with one attached hydrogen (secondary N) is 1. The van der Waals surface area contributed by atoms with Gasteiger partial charge in [-0.25, -0.2) is 0 Å². The van der Waals surface area contributed by atoms with Crippen LogP contribution in [0.15, 0.2) is 12.4 Å². The number of hydrogen-bond acceptors (Lipinski definition) is 4. The molecule has 0 saturated carbocycles.